The number of nitrogen functional groups attached to an aromatic ring is 1. The molecule has 2 aromatic heterocycles. The third-order valence-corrected chi connectivity index (χ3v) is 4.16. The highest BCUT2D eigenvalue weighted by Crippen LogP contribution is 2.16. The molecule has 1 aromatic carbocycles. The van der Waals surface area contributed by atoms with Crippen LogP contribution in [0.1, 0.15) is 32.7 Å². The van der Waals surface area contributed by atoms with Gasteiger partial charge in [-0.05, 0) is 48.2 Å². The lowest BCUT2D eigenvalue weighted by atomic mass is 10.0. The first-order valence-corrected chi connectivity index (χ1v) is 8.51. The topological polar surface area (TPSA) is 80.9 Å². The van der Waals surface area contributed by atoms with Gasteiger partial charge in [0.05, 0.1) is 5.69 Å². The van der Waals surface area contributed by atoms with E-state index < -0.39 is 0 Å². The molecule has 26 heavy (non-hydrogen) atoms. The van der Waals surface area contributed by atoms with Crippen molar-refractivity contribution in [1.29, 1.82) is 0 Å². The highest BCUT2D eigenvalue weighted by atomic mass is 16.1. The van der Waals surface area contributed by atoms with Crippen molar-refractivity contribution in [3.63, 3.8) is 0 Å². The molecule has 0 aliphatic rings. The lowest BCUT2D eigenvalue weighted by Gasteiger charge is -2.10. The van der Waals surface area contributed by atoms with Crippen LogP contribution in [0.4, 0.5) is 11.5 Å². The average Bonchev–Trinajstić information content (AvgIpc) is 2.61. The number of rotatable bonds is 6. The summed E-state index contributed by atoms with van der Waals surface area (Å²) >= 11 is 0. The van der Waals surface area contributed by atoms with E-state index in [-0.39, 0.29) is 5.78 Å². The van der Waals surface area contributed by atoms with E-state index in [1.165, 1.54) is 0 Å². The van der Waals surface area contributed by atoms with Crippen molar-refractivity contribution in [1.82, 2.24) is 9.97 Å². The fourth-order valence-electron chi connectivity index (χ4n) is 2.89. The molecule has 0 saturated carbocycles. The average molecular weight is 346 g/mol. The second-order valence-corrected chi connectivity index (χ2v) is 6.39. The van der Waals surface area contributed by atoms with Crippen molar-refractivity contribution in [2.75, 3.05) is 11.1 Å². The van der Waals surface area contributed by atoms with Crippen LogP contribution in [-0.2, 0) is 13.0 Å². The number of aryl methyl sites for hydroxylation is 2. The third-order valence-electron chi connectivity index (χ3n) is 4.16. The second kappa shape index (κ2) is 7.78. The van der Waals surface area contributed by atoms with Gasteiger partial charge >= 0.3 is 0 Å². The molecule has 0 radical (unpaired) electrons. The van der Waals surface area contributed by atoms with Crippen LogP contribution >= 0.6 is 0 Å². The molecule has 0 amide bonds. The molecule has 2 heterocycles. The molecular formula is C21H22N4O. The maximum absolute atomic E-state index is 12.6. The molecule has 5 nitrogen and oxygen atoms in total. The first-order valence-electron chi connectivity index (χ1n) is 8.51. The zero-order valence-corrected chi connectivity index (χ0v) is 15.0. The number of nitrogens with one attached hydrogen (secondary N) is 1. The van der Waals surface area contributed by atoms with Crippen LogP contribution in [0.3, 0.4) is 0 Å². The third kappa shape index (κ3) is 4.25. The molecule has 3 rings (SSSR count). The molecule has 0 spiro atoms. The van der Waals surface area contributed by atoms with Crippen molar-refractivity contribution >= 4 is 17.3 Å². The van der Waals surface area contributed by atoms with Gasteiger partial charge in [0.15, 0.2) is 5.78 Å². The molecule has 0 saturated heterocycles. The summed E-state index contributed by atoms with van der Waals surface area (Å²) in [5, 5.41) is 3.27. The van der Waals surface area contributed by atoms with Gasteiger partial charge in [-0.3, -0.25) is 9.78 Å². The Morgan fingerprint density at radius 3 is 2.65 bits per heavy atom. The van der Waals surface area contributed by atoms with Gasteiger partial charge < -0.3 is 11.1 Å². The number of benzene rings is 1. The van der Waals surface area contributed by atoms with Crippen molar-refractivity contribution in [2.45, 2.75) is 26.8 Å². The predicted octanol–water partition coefficient (Wildman–Crippen LogP) is 3.71. The molecule has 3 aromatic rings. The highest BCUT2D eigenvalue weighted by Gasteiger charge is 2.12. The molecule has 0 fully saturated rings. The quantitative estimate of drug-likeness (QED) is 0.665. The van der Waals surface area contributed by atoms with Crippen molar-refractivity contribution in [3.8, 4) is 0 Å². The monoisotopic (exact) mass is 346 g/mol. The summed E-state index contributed by atoms with van der Waals surface area (Å²) in [6.07, 6.45) is 3.73. The normalized spacial score (nSPS) is 10.5. The number of aromatic nitrogens is 2. The van der Waals surface area contributed by atoms with Crippen LogP contribution in [-0.4, -0.2) is 15.8 Å². The Bertz CT molecular complexity index is 937. The number of anilines is 2. The summed E-state index contributed by atoms with van der Waals surface area (Å²) in [6.45, 7) is 4.51. The van der Waals surface area contributed by atoms with E-state index in [0.29, 0.717) is 24.5 Å². The predicted molar refractivity (Wildman–Crippen MR) is 104 cm³/mol. The molecule has 0 aliphatic carbocycles. The van der Waals surface area contributed by atoms with Gasteiger partial charge in [-0.25, -0.2) is 4.98 Å². The maximum atomic E-state index is 12.6. The van der Waals surface area contributed by atoms with E-state index in [9.17, 15) is 4.79 Å². The summed E-state index contributed by atoms with van der Waals surface area (Å²) in [7, 11) is 0. The summed E-state index contributed by atoms with van der Waals surface area (Å²) < 4.78 is 0. The summed E-state index contributed by atoms with van der Waals surface area (Å²) in [5.74, 6) is 0.504. The van der Waals surface area contributed by atoms with Crippen molar-refractivity contribution in [3.05, 3.63) is 82.8 Å². The maximum Gasteiger partial charge on any atom is 0.185 e. The first-order chi connectivity index (χ1) is 12.5. The molecule has 0 bridgehead atoms. The molecular weight excluding hydrogens is 324 g/mol. The number of nitrogens with zero attached hydrogens (tertiary/aromatic N) is 2. The van der Waals surface area contributed by atoms with Gasteiger partial charge in [0, 0.05) is 25.4 Å². The Morgan fingerprint density at radius 2 is 1.88 bits per heavy atom. The molecule has 132 valence electrons. The Hall–Kier alpha value is -3.21. The molecule has 0 atom stereocenters. The van der Waals surface area contributed by atoms with Gasteiger partial charge in [0.2, 0.25) is 0 Å². The van der Waals surface area contributed by atoms with Crippen LogP contribution in [0, 0.1) is 13.8 Å². The van der Waals surface area contributed by atoms with Crippen LogP contribution in [0.25, 0.3) is 0 Å². The minimum absolute atomic E-state index is 0.0316. The lowest BCUT2D eigenvalue weighted by molar-refractivity contribution is 0.0987. The zero-order chi connectivity index (χ0) is 18.5. The van der Waals surface area contributed by atoms with Crippen LogP contribution in [0.2, 0.25) is 0 Å². The number of pyridine rings is 2. The zero-order valence-electron chi connectivity index (χ0n) is 15.0. The number of carbonyl (C=O) groups excluding carboxylic acids is 1. The van der Waals surface area contributed by atoms with E-state index in [0.717, 1.165) is 27.9 Å². The SMILES string of the molecule is Cc1cnc(C(=O)Cc2cccc(CNc3cccnc3N)c2)c(C)c1. The van der Waals surface area contributed by atoms with E-state index >= 15 is 0 Å². The standard InChI is InChI=1S/C21H22N4O/c1-14-9-15(2)20(25-12-14)19(26)11-16-5-3-6-17(10-16)13-24-18-7-4-8-23-21(18)22/h3-10,12,24H,11,13H2,1-2H3,(H2,22,23). The Labute approximate surface area is 153 Å². The first kappa shape index (κ1) is 17.6. The van der Waals surface area contributed by atoms with E-state index in [2.05, 4.69) is 15.3 Å². The smallest absolute Gasteiger partial charge is 0.185 e. The second-order valence-electron chi connectivity index (χ2n) is 6.39. The number of nitrogens with two attached hydrogens (primary N) is 1. The van der Waals surface area contributed by atoms with Gasteiger partial charge in [-0.1, -0.05) is 30.3 Å². The molecule has 5 heteroatoms. The van der Waals surface area contributed by atoms with Crippen LogP contribution in [0.15, 0.2) is 54.9 Å². The minimum Gasteiger partial charge on any atom is -0.382 e. The van der Waals surface area contributed by atoms with Gasteiger partial charge in [0.25, 0.3) is 0 Å². The number of Topliss-reactive ketones (excluding diaryl/α,β-unsaturated/α-hetero) is 1. The van der Waals surface area contributed by atoms with E-state index in [4.69, 9.17) is 5.73 Å². The summed E-state index contributed by atoms with van der Waals surface area (Å²) in [4.78, 5) is 20.9. The number of ketones is 1. The van der Waals surface area contributed by atoms with Gasteiger partial charge in [-0.2, -0.15) is 0 Å². The number of hydrogen-bond donors (Lipinski definition) is 2. The Balaban J connectivity index is 1.69. The fourth-order valence-corrected chi connectivity index (χ4v) is 2.89. The Morgan fingerprint density at radius 1 is 1.08 bits per heavy atom. The lowest BCUT2D eigenvalue weighted by Crippen LogP contribution is -2.09. The number of hydrogen-bond acceptors (Lipinski definition) is 5. The van der Waals surface area contributed by atoms with Gasteiger partial charge in [-0.15, -0.1) is 0 Å². The van der Waals surface area contributed by atoms with E-state index in [1.807, 2.05) is 56.3 Å². The largest absolute Gasteiger partial charge is 0.382 e. The Kier molecular flexibility index (Phi) is 5.27. The van der Waals surface area contributed by atoms with Crippen LogP contribution < -0.4 is 11.1 Å². The molecule has 0 aliphatic heterocycles. The molecule has 3 N–H and O–H groups in total. The van der Waals surface area contributed by atoms with Crippen molar-refractivity contribution < 1.29 is 4.79 Å². The van der Waals surface area contributed by atoms with E-state index in [1.54, 1.807) is 12.4 Å². The van der Waals surface area contributed by atoms with Crippen molar-refractivity contribution in [2.24, 2.45) is 0 Å². The summed E-state index contributed by atoms with van der Waals surface area (Å²) in [5.41, 5.74) is 11.2. The molecule has 0 unspecified atom stereocenters. The fraction of sp³-hybridized carbons (Fsp3) is 0.190. The minimum atomic E-state index is 0.0316. The van der Waals surface area contributed by atoms with Crippen LogP contribution in [0.5, 0.6) is 0 Å². The number of carbonyl (C=O) groups is 1. The summed E-state index contributed by atoms with van der Waals surface area (Å²) in [6, 6.07) is 13.7. The van der Waals surface area contributed by atoms with Gasteiger partial charge in [0.1, 0.15) is 11.5 Å². The highest BCUT2D eigenvalue weighted by molar-refractivity contribution is 5.97.